The van der Waals surface area contributed by atoms with Crippen molar-refractivity contribution < 1.29 is 9.53 Å². The molecule has 3 rings (SSSR count). The molecule has 2 heterocycles. The van der Waals surface area contributed by atoms with Crippen molar-refractivity contribution in [1.29, 1.82) is 0 Å². The predicted octanol–water partition coefficient (Wildman–Crippen LogP) is 1.82. The van der Waals surface area contributed by atoms with Crippen molar-refractivity contribution in [3.05, 3.63) is 35.8 Å². The average Bonchev–Trinajstić information content (AvgIpc) is 2.99. The number of nitrogens with zero attached hydrogens (tertiary/aromatic N) is 3. The number of nitrogens with one attached hydrogen (secondary N) is 1. The zero-order valence-corrected chi connectivity index (χ0v) is 11.8. The fourth-order valence-corrected chi connectivity index (χ4v) is 2.21. The lowest BCUT2D eigenvalue weighted by Gasteiger charge is -2.03. The topological polar surface area (TPSA) is 98.8 Å². The van der Waals surface area contributed by atoms with Gasteiger partial charge in [-0.2, -0.15) is 0 Å². The molecule has 2 aromatic heterocycles. The number of rotatable bonds is 3. The van der Waals surface area contributed by atoms with Crippen LogP contribution in [-0.2, 0) is 4.74 Å². The Hall–Kier alpha value is -2.83. The number of carbonyl (C=O) groups excluding carboxylic acids is 1. The molecule has 0 saturated carbocycles. The number of carbonyl (C=O) groups is 1. The minimum Gasteiger partial charge on any atom is -0.461 e. The summed E-state index contributed by atoms with van der Waals surface area (Å²) in [5.41, 5.74) is 7.84. The second kappa shape index (κ2) is 4.93. The number of ether oxygens (including phenoxy) is 1. The van der Waals surface area contributed by atoms with Gasteiger partial charge >= 0.3 is 5.97 Å². The van der Waals surface area contributed by atoms with Crippen LogP contribution < -0.4 is 5.73 Å². The van der Waals surface area contributed by atoms with Gasteiger partial charge in [0.15, 0.2) is 5.69 Å². The first kappa shape index (κ1) is 13.2. The zero-order chi connectivity index (χ0) is 15.0. The minimum atomic E-state index is -0.534. The normalized spacial score (nSPS) is 11.0. The fraction of sp³-hybridized carbons (Fsp3) is 0.214. The number of nitrogens with two attached hydrogens (primary N) is 1. The number of benzene rings is 1. The third kappa shape index (κ3) is 2.12. The van der Waals surface area contributed by atoms with Crippen LogP contribution in [-0.4, -0.2) is 32.1 Å². The largest absolute Gasteiger partial charge is 0.461 e. The smallest absolute Gasteiger partial charge is 0.360 e. The lowest BCUT2D eigenvalue weighted by atomic mass is 10.3. The molecule has 0 aliphatic rings. The highest BCUT2D eigenvalue weighted by Crippen LogP contribution is 2.21. The van der Waals surface area contributed by atoms with Crippen LogP contribution in [0.25, 0.3) is 17.0 Å². The van der Waals surface area contributed by atoms with Crippen LogP contribution >= 0.6 is 0 Å². The molecule has 0 bridgehead atoms. The van der Waals surface area contributed by atoms with E-state index >= 15 is 0 Å². The summed E-state index contributed by atoms with van der Waals surface area (Å²) < 4.78 is 6.55. The van der Waals surface area contributed by atoms with Crippen LogP contribution in [0.1, 0.15) is 23.2 Å². The van der Waals surface area contributed by atoms with Crippen LogP contribution in [0.5, 0.6) is 0 Å². The molecular weight excluding hydrogens is 270 g/mol. The molecule has 0 radical (unpaired) electrons. The second-order valence-electron chi connectivity index (χ2n) is 4.53. The van der Waals surface area contributed by atoms with E-state index in [0.29, 0.717) is 11.8 Å². The van der Waals surface area contributed by atoms with Crippen molar-refractivity contribution in [2.24, 2.45) is 0 Å². The van der Waals surface area contributed by atoms with E-state index in [0.717, 1.165) is 11.0 Å². The van der Waals surface area contributed by atoms with Gasteiger partial charge in [-0.1, -0.05) is 12.1 Å². The van der Waals surface area contributed by atoms with Crippen LogP contribution in [0.4, 0.5) is 5.82 Å². The molecule has 7 nitrogen and oxygen atoms in total. The van der Waals surface area contributed by atoms with Crippen molar-refractivity contribution in [1.82, 2.24) is 19.5 Å². The van der Waals surface area contributed by atoms with Gasteiger partial charge < -0.3 is 15.5 Å². The maximum atomic E-state index is 11.8. The quantitative estimate of drug-likeness (QED) is 0.715. The molecule has 0 saturated heterocycles. The standard InChI is InChI=1S/C14H15N5O2/c1-3-21-13(20)11-12(15)19(8(2)16-11)14-17-9-6-4-5-7-10(9)18-14/h4-7H,3,15H2,1-2H3,(H,17,18). The fourth-order valence-electron chi connectivity index (χ4n) is 2.21. The molecule has 0 fully saturated rings. The van der Waals surface area contributed by atoms with E-state index in [-0.39, 0.29) is 18.1 Å². The number of hydrogen-bond acceptors (Lipinski definition) is 5. The summed E-state index contributed by atoms with van der Waals surface area (Å²) in [6, 6.07) is 7.63. The van der Waals surface area contributed by atoms with E-state index in [1.807, 2.05) is 24.3 Å². The van der Waals surface area contributed by atoms with Gasteiger partial charge in [0.25, 0.3) is 0 Å². The highest BCUT2D eigenvalue weighted by atomic mass is 16.5. The van der Waals surface area contributed by atoms with Gasteiger partial charge in [0, 0.05) is 0 Å². The number of fused-ring (bicyclic) bond motifs is 1. The predicted molar refractivity (Wildman–Crippen MR) is 78.3 cm³/mol. The van der Waals surface area contributed by atoms with Crippen LogP contribution in [0.2, 0.25) is 0 Å². The van der Waals surface area contributed by atoms with Crippen molar-refractivity contribution in [2.75, 3.05) is 12.3 Å². The minimum absolute atomic E-state index is 0.106. The molecule has 1 aromatic carbocycles. The monoisotopic (exact) mass is 285 g/mol. The SMILES string of the molecule is CCOC(=O)c1nc(C)n(-c2nc3ccccc3[nH]2)c1N. The van der Waals surface area contributed by atoms with Crippen LogP contribution in [0.15, 0.2) is 24.3 Å². The number of hydrogen-bond donors (Lipinski definition) is 2. The Kier molecular flexibility index (Phi) is 3.09. The summed E-state index contributed by atoms with van der Waals surface area (Å²) in [4.78, 5) is 23.6. The number of anilines is 1. The van der Waals surface area contributed by atoms with Crippen molar-refractivity contribution in [3.63, 3.8) is 0 Å². The molecule has 0 spiro atoms. The first-order valence-electron chi connectivity index (χ1n) is 6.59. The van der Waals surface area contributed by atoms with Crippen molar-refractivity contribution >= 4 is 22.8 Å². The Morgan fingerprint density at radius 2 is 2.14 bits per heavy atom. The van der Waals surface area contributed by atoms with Crippen LogP contribution in [0, 0.1) is 6.92 Å². The Balaban J connectivity index is 2.12. The summed E-state index contributed by atoms with van der Waals surface area (Å²) in [5.74, 6) is 0.766. The summed E-state index contributed by atoms with van der Waals surface area (Å²) >= 11 is 0. The van der Waals surface area contributed by atoms with Crippen molar-refractivity contribution in [3.8, 4) is 5.95 Å². The van der Waals surface area contributed by atoms with E-state index in [2.05, 4.69) is 15.0 Å². The van der Waals surface area contributed by atoms with Gasteiger partial charge in [-0.25, -0.2) is 14.8 Å². The highest BCUT2D eigenvalue weighted by molar-refractivity contribution is 5.92. The molecule has 3 aromatic rings. The Labute approximate surface area is 120 Å². The number of imidazole rings is 2. The maximum absolute atomic E-state index is 11.8. The number of nitrogen functional groups attached to an aromatic ring is 1. The third-order valence-electron chi connectivity index (χ3n) is 3.14. The van der Waals surface area contributed by atoms with E-state index in [1.54, 1.807) is 18.4 Å². The van der Waals surface area contributed by atoms with Gasteiger partial charge in [-0.05, 0) is 26.0 Å². The molecule has 7 heteroatoms. The first-order valence-corrected chi connectivity index (χ1v) is 6.59. The summed E-state index contributed by atoms with van der Waals surface area (Å²) in [5, 5.41) is 0. The van der Waals surface area contributed by atoms with E-state index < -0.39 is 5.97 Å². The summed E-state index contributed by atoms with van der Waals surface area (Å²) in [7, 11) is 0. The Bertz CT molecular complexity index is 785. The van der Waals surface area contributed by atoms with Crippen LogP contribution in [0.3, 0.4) is 0 Å². The maximum Gasteiger partial charge on any atom is 0.360 e. The lowest BCUT2D eigenvalue weighted by molar-refractivity contribution is 0.0521. The molecule has 0 aliphatic heterocycles. The summed E-state index contributed by atoms with van der Waals surface area (Å²) in [6.45, 7) is 3.76. The Morgan fingerprint density at radius 1 is 1.38 bits per heavy atom. The van der Waals surface area contributed by atoms with Crippen molar-refractivity contribution in [2.45, 2.75) is 13.8 Å². The van der Waals surface area contributed by atoms with Gasteiger partial charge in [-0.3, -0.25) is 4.57 Å². The van der Waals surface area contributed by atoms with E-state index in [1.165, 1.54) is 0 Å². The molecule has 0 amide bonds. The molecule has 108 valence electrons. The second-order valence-corrected chi connectivity index (χ2v) is 4.53. The van der Waals surface area contributed by atoms with E-state index in [4.69, 9.17) is 10.5 Å². The zero-order valence-electron chi connectivity index (χ0n) is 11.8. The lowest BCUT2D eigenvalue weighted by Crippen LogP contribution is -2.10. The number of esters is 1. The molecule has 21 heavy (non-hydrogen) atoms. The third-order valence-corrected chi connectivity index (χ3v) is 3.14. The van der Waals surface area contributed by atoms with Gasteiger partial charge in [-0.15, -0.1) is 0 Å². The van der Waals surface area contributed by atoms with Gasteiger partial charge in [0.05, 0.1) is 17.6 Å². The Morgan fingerprint density at radius 3 is 2.86 bits per heavy atom. The number of H-pyrrole nitrogens is 1. The molecule has 0 aliphatic carbocycles. The molecule has 0 atom stereocenters. The number of para-hydroxylation sites is 2. The molecular formula is C14H15N5O2. The van der Waals surface area contributed by atoms with Gasteiger partial charge in [0.1, 0.15) is 11.6 Å². The number of aromatic amines is 1. The number of aryl methyl sites for hydroxylation is 1. The average molecular weight is 285 g/mol. The molecule has 0 unspecified atom stereocenters. The first-order chi connectivity index (χ1) is 10.1. The van der Waals surface area contributed by atoms with E-state index in [9.17, 15) is 4.79 Å². The van der Waals surface area contributed by atoms with Gasteiger partial charge in [0.2, 0.25) is 5.95 Å². The summed E-state index contributed by atoms with van der Waals surface area (Å²) in [6.07, 6.45) is 0. The highest BCUT2D eigenvalue weighted by Gasteiger charge is 2.22. The molecule has 3 N–H and O–H groups in total. The number of aromatic nitrogens is 4.